The molecule has 0 aliphatic rings. The average Bonchev–Trinajstić information content (AvgIpc) is 2.94. The van der Waals surface area contributed by atoms with Gasteiger partial charge in [-0.25, -0.2) is 15.0 Å². The molecule has 1 amide bonds. The maximum absolute atomic E-state index is 11.7. The highest BCUT2D eigenvalue weighted by molar-refractivity contribution is 7.15. The van der Waals surface area contributed by atoms with Gasteiger partial charge in [-0.05, 0) is 38.1 Å². The molecule has 3 aromatic rings. The Morgan fingerprint density at radius 2 is 2.00 bits per heavy atom. The van der Waals surface area contributed by atoms with Gasteiger partial charge in [0.15, 0.2) is 0 Å². The summed E-state index contributed by atoms with van der Waals surface area (Å²) in [5.41, 5.74) is 8.66. The molecule has 4 N–H and O–H groups in total. The number of carbonyl (C=O) groups is 1. The van der Waals surface area contributed by atoms with Gasteiger partial charge in [0, 0.05) is 30.5 Å². The Balaban J connectivity index is 1.78. The van der Waals surface area contributed by atoms with Gasteiger partial charge in [0.05, 0.1) is 21.3 Å². The van der Waals surface area contributed by atoms with Gasteiger partial charge in [0.2, 0.25) is 11.9 Å². The van der Waals surface area contributed by atoms with E-state index in [1.54, 1.807) is 17.5 Å². The smallest absolute Gasteiger partial charge is 0.227 e. The quantitative estimate of drug-likeness (QED) is 0.617. The molecule has 2 aromatic heterocycles. The second kappa shape index (κ2) is 8.03. The summed E-state index contributed by atoms with van der Waals surface area (Å²) >= 11 is 1.61. The van der Waals surface area contributed by atoms with Gasteiger partial charge >= 0.3 is 0 Å². The molecule has 1 aromatic carbocycles. The fourth-order valence-electron chi connectivity index (χ4n) is 2.47. The van der Waals surface area contributed by atoms with Gasteiger partial charge in [-0.2, -0.15) is 0 Å². The van der Waals surface area contributed by atoms with E-state index >= 15 is 0 Å². The molecule has 8 heteroatoms. The number of anilines is 3. The van der Waals surface area contributed by atoms with Crippen LogP contribution < -0.4 is 16.4 Å². The van der Waals surface area contributed by atoms with Crippen LogP contribution >= 0.6 is 11.3 Å². The number of rotatable bonds is 6. The van der Waals surface area contributed by atoms with Crippen molar-refractivity contribution in [2.75, 3.05) is 17.2 Å². The highest BCUT2D eigenvalue weighted by Gasteiger charge is 2.10. The monoisotopic (exact) mass is 368 g/mol. The lowest BCUT2D eigenvalue weighted by atomic mass is 10.2. The van der Waals surface area contributed by atoms with Crippen molar-refractivity contribution in [3.8, 4) is 10.6 Å². The molecule has 7 nitrogen and oxygen atoms in total. The number of thiazole rings is 1. The minimum atomic E-state index is -0.112. The van der Waals surface area contributed by atoms with Crippen LogP contribution in [0.2, 0.25) is 0 Å². The van der Waals surface area contributed by atoms with Crippen molar-refractivity contribution in [1.29, 1.82) is 0 Å². The third kappa shape index (κ3) is 4.41. The lowest BCUT2D eigenvalue weighted by Gasteiger charge is -2.09. The third-order valence-electron chi connectivity index (χ3n) is 3.57. The summed E-state index contributed by atoms with van der Waals surface area (Å²) in [4.78, 5) is 26.0. The third-order valence-corrected chi connectivity index (χ3v) is 4.66. The van der Waals surface area contributed by atoms with Crippen LogP contribution in [0.25, 0.3) is 10.6 Å². The highest BCUT2D eigenvalue weighted by atomic mass is 32.1. The van der Waals surface area contributed by atoms with Gasteiger partial charge < -0.3 is 16.4 Å². The van der Waals surface area contributed by atoms with Crippen molar-refractivity contribution in [1.82, 2.24) is 15.0 Å². The molecule has 0 fully saturated rings. The zero-order valence-corrected chi connectivity index (χ0v) is 15.4. The molecule has 0 spiro atoms. The van der Waals surface area contributed by atoms with Crippen LogP contribution in [0.5, 0.6) is 0 Å². The summed E-state index contributed by atoms with van der Waals surface area (Å²) in [6, 6.07) is 9.25. The Bertz CT molecular complexity index is 924. The molecule has 0 aliphatic heterocycles. The number of nitrogens with two attached hydrogens (primary N) is 1. The Labute approximate surface area is 155 Å². The van der Waals surface area contributed by atoms with Gasteiger partial charge in [-0.1, -0.05) is 6.07 Å². The second-order valence-corrected chi connectivity index (χ2v) is 6.91. The average molecular weight is 368 g/mol. The second-order valence-electron chi connectivity index (χ2n) is 5.71. The number of carbonyl (C=O) groups excluding carboxylic acids is 1. The fraction of sp³-hybridized carbons (Fsp3) is 0.222. The van der Waals surface area contributed by atoms with Crippen LogP contribution in [0.4, 0.5) is 17.3 Å². The number of nitrogens with one attached hydrogen (secondary N) is 2. The minimum Gasteiger partial charge on any atom is -0.330 e. The van der Waals surface area contributed by atoms with E-state index in [-0.39, 0.29) is 12.3 Å². The number of amides is 1. The molecule has 0 radical (unpaired) electrons. The summed E-state index contributed by atoms with van der Waals surface area (Å²) in [7, 11) is 0. The first-order valence-electron chi connectivity index (χ1n) is 8.19. The molecule has 3 rings (SSSR count). The molecule has 2 heterocycles. The molecule has 0 saturated heterocycles. The number of benzene rings is 1. The van der Waals surface area contributed by atoms with Crippen molar-refractivity contribution in [3.05, 3.63) is 47.2 Å². The van der Waals surface area contributed by atoms with Crippen molar-refractivity contribution in [3.63, 3.8) is 0 Å². The van der Waals surface area contributed by atoms with Gasteiger partial charge in [-0.15, -0.1) is 11.3 Å². The van der Waals surface area contributed by atoms with Crippen LogP contribution in [0.3, 0.4) is 0 Å². The molecular weight excluding hydrogens is 348 g/mol. The predicted molar refractivity (Wildman–Crippen MR) is 105 cm³/mol. The van der Waals surface area contributed by atoms with Crippen LogP contribution in [-0.4, -0.2) is 27.4 Å². The lowest BCUT2D eigenvalue weighted by Crippen LogP contribution is -2.16. The first-order valence-corrected chi connectivity index (χ1v) is 9.01. The van der Waals surface area contributed by atoms with E-state index < -0.39 is 0 Å². The lowest BCUT2D eigenvalue weighted by molar-refractivity contribution is -0.116. The summed E-state index contributed by atoms with van der Waals surface area (Å²) in [6.45, 7) is 4.27. The first-order chi connectivity index (χ1) is 12.5. The molecule has 26 heavy (non-hydrogen) atoms. The Hall–Kier alpha value is -2.84. The zero-order valence-electron chi connectivity index (χ0n) is 14.6. The molecule has 0 aliphatic carbocycles. The molecule has 0 bridgehead atoms. The Morgan fingerprint density at radius 1 is 1.19 bits per heavy atom. The van der Waals surface area contributed by atoms with Gasteiger partial charge in [0.25, 0.3) is 0 Å². The molecular formula is C18H20N6OS. The van der Waals surface area contributed by atoms with Crippen LogP contribution in [0.1, 0.15) is 17.1 Å². The Morgan fingerprint density at radius 3 is 2.73 bits per heavy atom. The van der Waals surface area contributed by atoms with E-state index in [9.17, 15) is 4.79 Å². The van der Waals surface area contributed by atoms with E-state index in [0.717, 1.165) is 27.0 Å². The number of aryl methyl sites for hydroxylation is 2. The van der Waals surface area contributed by atoms with Crippen molar-refractivity contribution in [2.24, 2.45) is 5.73 Å². The summed E-state index contributed by atoms with van der Waals surface area (Å²) in [6.07, 6.45) is 2.00. The van der Waals surface area contributed by atoms with Gasteiger partial charge in [0.1, 0.15) is 0 Å². The Kier molecular flexibility index (Phi) is 5.55. The van der Waals surface area contributed by atoms with Crippen LogP contribution in [-0.2, 0) is 4.79 Å². The maximum Gasteiger partial charge on any atom is 0.227 e. The van der Waals surface area contributed by atoms with Crippen LogP contribution in [0, 0.1) is 13.8 Å². The minimum absolute atomic E-state index is 0.112. The van der Waals surface area contributed by atoms with E-state index in [2.05, 4.69) is 25.6 Å². The number of hydrogen-bond acceptors (Lipinski definition) is 7. The summed E-state index contributed by atoms with van der Waals surface area (Å²) in [5, 5.41) is 6.99. The van der Waals surface area contributed by atoms with Crippen LogP contribution in [0.15, 0.2) is 36.5 Å². The van der Waals surface area contributed by atoms with E-state index in [1.165, 1.54) is 0 Å². The predicted octanol–water partition coefficient (Wildman–Crippen LogP) is 3.25. The molecule has 134 valence electrons. The topological polar surface area (TPSA) is 106 Å². The maximum atomic E-state index is 11.7. The largest absolute Gasteiger partial charge is 0.330 e. The SMILES string of the molecule is Cc1nc(C)c(-c2ccnc(Nc3cccc(NC(=O)CCN)c3)n2)s1. The van der Waals surface area contributed by atoms with Gasteiger partial charge in [-0.3, -0.25) is 4.79 Å². The van der Waals surface area contributed by atoms with Crippen molar-refractivity contribution >= 4 is 34.6 Å². The van der Waals surface area contributed by atoms with Crippen molar-refractivity contribution < 1.29 is 4.79 Å². The molecule has 0 saturated carbocycles. The van der Waals surface area contributed by atoms with E-state index in [1.807, 2.05) is 44.2 Å². The highest BCUT2D eigenvalue weighted by Crippen LogP contribution is 2.29. The fourth-order valence-corrected chi connectivity index (χ4v) is 3.36. The molecule has 0 atom stereocenters. The normalized spacial score (nSPS) is 10.6. The first kappa shape index (κ1) is 18.0. The van der Waals surface area contributed by atoms with E-state index in [0.29, 0.717) is 18.2 Å². The number of hydrogen-bond donors (Lipinski definition) is 3. The standard InChI is InChI=1S/C18H20N6OS/c1-11-17(26-12(2)21-11)15-7-9-20-18(24-15)23-14-5-3-4-13(10-14)22-16(25)6-8-19/h3-5,7,9-10H,6,8,19H2,1-2H3,(H,22,25)(H,20,23,24). The number of nitrogens with zero attached hydrogens (tertiary/aromatic N) is 3. The van der Waals surface area contributed by atoms with E-state index in [4.69, 9.17) is 5.73 Å². The van der Waals surface area contributed by atoms with Crippen molar-refractivity contribution in [2.45, 2.75) is 20.3 Å². The summed E-state index contributed by atoms with van der Waals surface area (Å²) < 4.78 is 0. The zero-order chi connectivity index (χ0) is 18.5. The summed E-state index contributed by atoms with van der Waals surface area (Å²) in [5.74, 6) is 0.373. The molecule has 0 unspecified atom stereocenters. The number of aromatic nitrogens is 3.